The Bertz CT molecular complexity index is 778. The van der Waals surface area contributed by atoms with Crippen LogP contribution in [0.5, 0.6) is 0 Å². The van der Waals surface area contributed by atoms with E-state index in [1.54, 1.807) is 6.07 Å². The van der Waals surface area contributed by atoms with E-state index in [4.69, 9.17) is 0 Å². The quantitative estimate of drug-likeness (QED) is 0.494. The van der Waals surface area contributed by atoms with E-state index in [-0.39, 0.29) is 11.6 Å². The number of carbonyl (C=O) groups is 1. The molecule has 0 atom stereocenters. The molecule has 1 fully saturated rings. The van der Waals surface area contributed by atoms with E-state index in [0.717, 1.165) is 62.0 Å². The number of nitro benzene ring substituents is 1. The maximum absolute atomic E-state index is 11.9. The van der Waals surface area contributed by atoms with E-state index in [2.05, 4.69) is 10.3 Å². The molecule has 1 N–H and O–H groups in total. The molecule has 0 aliphatic carbocycles. The summed E-state index contributed by atoms with van der Waals surface area (Å²) in [7, 11) is 0. The Kier molecular flexibility index (Phi) is 5.42. The lowest BCUT2D eigenvalue weighted by molar-refractivity contribution is -0.384. The molecule has 7 nitrogen and oxygen atoms in total. The smallest absolute Gasteiger partial charge is 0.270 e. The predicted molar refractivity (Wildman–Crippen MR) is 96.6 cm³/mol. The molecule has 2 heterocycles. The highest BCUT2D eigenvalue weighted by molar-refractivity contribution is 5.82. The highest BCUT2D eigenvalue weighted by Gasteiger charge is 2.15. The average Bonchev–Trinajstić information content (AvgIpc) is 2.82. The molecule has 0 saturated carbocycles. The molecule has 25 heavy (non-hydrogen) atoms. The molecule has 3 rings (SSSR count). The van der Waals surface area contributed by atoms with Crippen molar-refractivity contribution in [3.8, 4) is 0 Å². The standard InChI is InChI=1S/C18H22N4O3/c23-18-5-2-1-3-11-21(18)12-4-10-19-17-9-6-14-13-15(22(24)25)7-8-16(14)20-17/h6-9,13H,1-5,10-12H2,(H,19,20). The summed E-state index contributed by atoms with van der Waals surface area (Å²) in [6.45, 7) is 2.37. The van der Waals surface area contributed by atoms with Crippen molar-refractivity contribution in [3.63, 3.8) is 0 Å². The summed E-state index contributed by atoms with van der Waals surface area (Å²) in [5.41, 5.74) is 0.787. The van der Waals surface area contributed by atoms with Crippen LogP contribution in [0.25, 0.3) is 10.9 Å². The molecule has 1 aliphatic rings. The monoisotopic (exact) mass is 342 g/mol. The number of non-ortho nitro benzene ring substituents is 1. The predicted octanol–water partition coefficient (Wildman–Crippen LogP) is 3.35. The Hall–Kier alpha value is -2.70. The number of pyridine rings is 1. The maximum atomic E-state index is 11.9. The van der Waals surface area contributed by atoms with Gasteiger partial charge in [-0.05, 0) is 37.5 Å². The molecule has 1 amide bonds. The van der Waals surface area contributed by atoms with Crippen LogP contribution in [-0.2, 0) is 4.79 Å². The summed E-state index contributed by atoms with van der Waals surface area (Å²) < 4.78 is 0. The minimum Gasteiger partial charge on any atom is -0.370 e. The van der Waals surface area contributed by atoms with E-state index in [1.165, 1.54) is 12.1 Å². The van der Waals surface area contributed by atoms with Crippen LogP contribution in [-0.4, -0.2) is 40.3 Å². The molecule has 7 heteroatoms. The van der Waals surface area contributed by atoms with Crippen molar-refractivity contribution in [1.29, 1.82) is 0 Å². The minimum atomic E-state index is -0.407. The van der Waals surface area contributed by atoms with Crippen LogP contribution in [0.15, 0.2) is 30.3 Å². The van der Waals surface area contributed by atoms with Crippen LogP contribution >= 0.6 is 0 Å². The van der Waals surface area contributed by atoms with Crippen molar-refractivity contribution >= 4 is 28.3 Å². The van der Waals surface area contributed by atoms with Gasteiger partial charge in [0, 0.05) is 43.6 Å². The van der Waals surface area contributed by atoms with Gasteiger partial charge in [-0.25, -0.2) is 4.98 Å². The Morgan fingerprint density at radius 3 is 2.92 bits per heavy atom. The lowest BCUT2D eigenvalue weighted by Gasteiger charge is -2.20. The number of likely N-dealkylation sites (tertiary alicyclic amines) is 1. The third-order valence-corrected chi connectivity index (χ3v) is 4.47. The normalized spacial score (nSPS) is 15.2. The molecule has 132 valence electrons. The number of aromatic nitrogens is 1. The van der Waals surface area contributed by atoms with Crippen LogP contribution in [0.3, 0.4) is 0 Å². The third-order valence-electron chi connectivity index (χ3n) is 4.47. The van der Waals surface area contributed by atoms with E-state index >= 15 is 0 Å². The number of hydrogen-bond donors (Lipinski definition) is 1. The summed E-state index contributed by atoms with van der Waals surface area (Å²) in [6.07, 6.45) is 4.78. The minimum absolute atomic E-state index is 0.0668. The molecule has 0 spiro atoms. The number of nitrogens with zero attached hydrogens (tertiary/aromatic N) is 3. The lowest BCUT2D eigenvalue weighted by Crippen LogP contribution is -2.32. The number of hydrogen-bond acceptors (Lipinski definition) is 5. The molecule has 1 saturated heterocycles. The highest BCUT2D eigenvalue weighted by Crippen LogP contribution is 2.21. The number of fused-ring (bicyclic) bond motifs is 1. The fourth-order valence-electron chi connectivity index (χ4n) is 3.09. The first-order valence-electron chi connectivity index (χ1n) is 8.70. The van der Waals surface area contributed by atoms with Gasteiger partial charge in [0.15, 0.2) is 0 Å². The second-order valence-electron chi connectivity index (χ2n) is 6.30. The van der Waals surface area contributed by atoms with Gasteiger partial charge in [-0.1, -0.05) is 6.42 Å². The average molecular weight is 342 g/mol. The van der Waals surface area contributed by atoms with Gasteiger partial charge in [0.1, 0.15) is 5.82 Å². The second kappa shape index (κ2) is 7.92. The first-order chi connectivity index (χ1) is 12.1. The number of nitrogens with one attached hydrogen (secondary N) is 1. The zero-order valence-electron chi connectivity index (χ0n) is 14.1. The lowest BCUT2D eigenvalue weighted by atomic mass is 10.2. The molecular weight excluding hydrogens is 320 g/mol. The van der Waals surface area contributed by atoms with Gasteiger partial charge in [-0.3, -0.25) is 14.9 Å². The van der Waals surface area contributed by atoms with Crippen LogP contribution in [0.2, 0.25) is 0 Å². The fourth-order valence-corrected chi connectivity index (χ4v) is 3.09. The first-order valence-corrected chi connectivity index (χ1v) is 8.70. The van der Waals surface area contributed by atoms with E-state index in [1.807, 2.05) is 17.0 Å². The number of nitro groups is 1. The Balaban J connectivity index is 1.53. The molecule has 1 aromatic heterocycles. The Morgan fingerprint density at radius 1 is 1.20 bits per heavy atom. The fraction of sp³-hybridized carbons (Fsp3) is 0.444. The van der Waals surface area contributed by atoms with Gasteiger partial charge in [0.25, 0.3) is 5.69 Å². The van der Waals surface area contributed by atoms with Crippen molar-refractivity contribution in [2.24, 2.45) is 0 Å². The van der Waals surface area contributed by atoms with Gasteiger partial charge < -0.3 is 10.2 Å². The number of carbonyl (C=O) groups excluding carboxylic acids is 1. The number of amides is 1. The second-order valence-corrected chi connectivity index (χ2v) is 6.30. The topological polar surface area (TPSA) is 88.4 Å². The maximum Gasteiger partial charge on any atom is 0.270 e. The summed E-state index contributed by atoms with van der Waals surface area (Å²) in [5, 5.41) is 14.8. The van der Waals surface area contributed by atoms with Crippen LogP contribution in [0.4, 0.5) is 11.5 Å². The summed E-state index contributed by atoms with van der Waals surface area (Å²) in [6, 6.07) is 8.30. The number of benzene rings is 1. The summed E-state index contributed by atoms with van der Waals surface area (Å²) in [5.74, 6) is 1.01. The third kappa shape index (κ3) is 4.43. The molecule has 2 aromatic rings. The molecule has 0 unspecified atom stereocenters. The molecule has 0 radical (unpaired) electrons. The van der Waals surface area contributed by atoms with Gasteiger partial charge in [0.05, 0.1) is 10.4 Å². The number of anilines is 1. The van der Waals surface area contributed by atoms with Crippen LogP contribution in [0, 0.1) is 10.1 Å². The van der Waals surface area contributed by atoms with Gasteiger partial charge in [0.2, 0.25) is 5.91 Å². The van der Waals surface area contributed by atoms with Gasteiger partial charge in [-0.2, -0.15) is 0 Å². The van der Waals surface area contributed by atoms with Gasteiger partial charge in [-0.15, -0.1) is 0 Å². The summed E-state index contributed by atoms with van der Waals surface area (Å²) in [4.78, 5) is 28.8. The van der Waals surface area contributed by atoms with Crippen LogP contribution in [0.1, 0.15) is 32.1 Å². The largest absolute Gasteiger partial charge is 0.370 e. The SMILES string of the molecule is O=C1CCCCCN1CCCNc1ccc2cc([N+](=O)[O-])ccc2n1. The molecular formula is C18H22N4O3. The Labute approximate surface area is 146 Å². The summed E-state index contributed by atoms with van der Waals surface area (Å²) >= 11 is 0. The van der Waals surface area contributed by atoms with Crippen molar-refractivity contribution < 1.29 is 9.72 Å². The molecule has 1 aliphatic heterocycles. The van der Waals surface area contributed by atoms with E-state index < -0.39 is 4.92 Å². The molecule has 0 bridgehead atoms. The van der Waals surface area contributed by atoms with E-state index in [0.29, 0.717) is 6.42 Å². The highest BCUT2D eigenvalue weighted by atomic mass is 16.6. The number of rotatable bonds is 6. The van der Waals surface area contributed by atoms with Crippen molar-refractivity contribution in [1.82, 2.24) is 9.88 Å². The molecule has 1 aromatic carbocycles. The van der Waals surface area contributed by atoms with Gasteiger partial charge >= 0.3 is 0 Å². The zero-order chi connectivity index (χ0) is 17.6. The van der Waals surface area contributed by atoms with Crippen molar-refractivity contribution in [2.45, 2.75) is 32.1 Å². The van der Waals surface area contributed by atoms with Crippen LogP contribution < -0.4 is 5.32 Å². The Morgan fingerprint density at radius 2 is 2.08 bits per heavy atom. The van der Waals surface area contributed by atoms with E-state index in [9.17, 15) is 14.9 Å². The van der Waals surface area contributed by atoms with Crippen molar-refractivity contribution in [3.05, 3.63) is 40.4 Å². The first kappa shape index (κ1) is 17.1. The van der Waals surface area contributed by atoms with Crippen molar-refractivity contribution in [2.75, 3.05) is 25.0 Å². The zero-order valence-corrected chi connectivity index (χ0v) is 14.1.